The molecule has 5 rings (SSSR count). The number of phenolic OH excluding ortho intramolecular Hbond substituents is 3. The average molecular weight is 697 g/mol. The Balaban J connectivity index is 1.54. The highest BCUT2D eigenvalue weighted by Gasteiger charge is 2.47. The molecule has 19 heteroatoms. The van der Waals surface area contributed by atoms with Crippen LogP contribution in [0.5, 0.6) is 28.7 Å². The zero-order chi connectivity index (χ0) is 35.9. The summed E-state index contributed by atoms with van der Waals surface area (Å²) in [5.41, 5.74) is -1.61. The maximum Gasteiger partial charge on any atom is 0.317 e. The van der Waals surface area contributed by atoms with Crippen molar-refractivity contribution in [1.82, 2.24) is 0 Å². The first-order chi connectivity index (χ1) is 23.1. The van der Waals surface area contributed by atoms with Crippen molar-refractivity contribution in [3.05, 3.63) is 40.6 Å². The van der Waals surface area contributed by atoms with E-state index in [9.17, 15) is 60.3 Å². The Morgan fingerprint density at radius 2 is 1.43 bits per heavy atom. The second-order valence-electron chi connectivity index (χ2n) is 11.3. The highest BCUT2D eigenvalue weighted by Crippen LogP contribution is 2.40. The predicted molar refractivity (Wildman–Crippen MR) is 156 cm³/mol. The first-order valence-corrected chi connectivity index (χ1v) is 14.5. The summed E-state index contributed by atoms with van der Waals surface area (Å²) < 4.78 is 32.8. The van der Waals surface area contributed by atoms with Gasteiger partial charge in [0.2, 0.25) is 23.8 Å². The first-order valence-electron chi connectivity index (χ1n) is 14.5. The second-order valence-corrected chi connectivity index (χ2v) is 11.3. The summed E-state index contributed by atoms with van der Waals surface area (Å²) in [6.45, 7) is 0.606. The van der Waals surface area contributed by atoms with E-state index in [1.807, 2.05) is 0 Å². The van der Waals surface area contributed by atoms with Gasteiger partial charge in [-0.15, -0.1) is 0 Å². The first kappa shape index (κ1) is 35.6. The minimum atomic E-state index is -2.06. The van der Waals surface area contributed by atoms with Gasteiger partial charge in [-0.05, 0) is 25.1 Å². The Morgan fingerprint density at radius 1 is 0.776 bits per heavy atom. The van der Waals surface area contributed by atoms with Crippen LogP contribution in [0.25, 0.3) is 22.3 Å². The topological polar surface area (TPSA) is 313 Å². The summed E-state index contributed by atoms with van der Waals surface area (Å²) in [4.78, 5) is 36.4. The summed E-state index contributed by atoms with van der Waals surface area (Å²) in [5.74, 6) is -6.23. The molecule has 0 amide bonds. The number of ether oxygens (including phenoxy) is 5. The van der Waals surface area contributed by atoms with Crippen molar-refractivity contribution in [3.8, 4) is 40.1 Å². The lowest BCUT2D eigenvalue weighted by molar-refractivity contribution is -0.278. The van der Waals surface area contributed by atoms with Crippen molar-refractivity contribution < 1.29 is 88.8 Å². The number of carbonyl (C=O) groups excluding carboxylic acids is 1. The number of carboxylic acid groups (broad SMARTS) is 1. The van der Waals surface area contributed by atoms with Gasteiger partial charge in [0.15, 0.2) is 17.3 Å². The summed E-state index contributed by atoms with van der Waals surface area (Å²) >= 11 is 0. The second kappa shape index (κ2) is 14.0. The molecule has 10 atom stereocenters. The van der Waals surface area contributed by atoms with E-state index in [0.29, 0.717) is 0 Å². The standard InChI is InChI=1S/C30H32O19/c1-9-20(37)23(40)25(42)29(45-9)46-11-5-14(33)19-15(6-11)47-27(10-2-3-12(31)13(32)4-10)28(22(19)39)49-30-26(43)24(41)21(38)16(48-30)8-44-18(36)7-17(34)35/h2-6,9,16,20-21,23-26,29-33,37-38,40-43H,7-8H2,1H3,(H,34,35)/t9-,16+,20-,21+,23+,24-,25+,26+,29-,30-/m0/s1. The van der Waals surface area contributed by atoms with Gasteiger partial charge in [0.05, 0.1) is 6.10 Å². The normalized spacial score (nSPS) is 30.1. The summed E-state index contributed by atoms with van der Waals surface area (Å²) in [5, 5.41) is 101. The van der Waals surface area contributed by atoms with E-state index in [0.717, 1.165) is 24.3 Å². The van der Waals surface area contributed by atoms with Crippen molar-refractivity contribution in [2.24, 2.45) is 0 Å². The molecule has 2 saturated heterocycles. The Labute approximate surface area is 273 Å². The fourth-order valence-electron chi connectivity index (χ4n) is 5.15. The minimum absolute atomic E-state index is 0.114. The molecule has 0 spiro atoms. The smallest absolute Gasteiger partial charge is 0.317 e. The molecular weight excluding hydrogens is 664 g/mol. The molecule has 0 bridgehead atoms. The molecule has 3 aromatic rings. The van der Waals surface area contributed by atoms with E-state index in [4.69, 9.17) is 33.2 Å². The quantitative estimate of drug-likeness (QED) is 0.0656. The zero-order valence-corrected chi connectivity index (χ0v) is 25.2. The van der Waals surface area contributed by atoms with Crippen LogP contribution >= 0.6 is 0 Å². The van der Waals surface area contributed by atoms with Gasteiger partial charge in [0.25, 0.3) is 0 Å². The number of aliphatic hydroxyl groups is 6. The number of hydrogen-bond donors (Lipinski definition) is 10. The number of rotatable bonds is 9. The van der Waals surface area contributed by atoms with Gasteiger partial charge in [0, 0.05) is 17.7 Å². The van der Waals surface area contributed by atoms with Crippen LogP contribution in [0, 0.1) is 0 Å². The van der Waals surface area contributed by atoms with Crippen molar-refractivity contribution in [3.63, 3.8) is 0 Å². The number of esters is 1. The van der Waals surface area contributed by atoms with Gasteiger partial charge < -0.3 is 79.2 Å². The number of hydrogen-bond acceptors (Lipinski definition) is 18. The number of fused-ring (bicyclic) bond motifs is 1. The van der Waals surface area contributed by atoms with Crippen molar-refractivity contribution in [1.29, 1.82) is 0 Å². The molecule has 2 aromatic carbocycles. The molecule has 10 N–H and O–H groups in total. The van der Waals surface area contributed by atoms with Crippen LogP contribution in [-0.2, 0) is 23.8 Å². The molecule has 3 heterocycles. The van der Waals surface area contributed by atoms with Gasteiger partial charge in [-0.3, -0.25) is 14.4 Å². The molecule has 1 aromatic heterocycles. The third-order valence-corrected chi connectivity index (χ3v) is 7.81. The average Bonchev–Trinajstić information content (AvgIpc) is 3.04. The van der Waals surface area contributed by atoms with E-state index in [2.05, 4.69) is 0 Å². The zero-order valence-electron chi connectivity index (χ0n) is 25.2. The lowest BCUT2D eigenvalue weighted by Crippen LogP contribution is -2.60. The number of carboxylic acids is 1. The fraction of sp³-hybridized carbons (Fsp3) is 0.433. The third kappa shape index (κ3) is 7.19. The van der Waals surface area contributed by atoms with E-state index >= 15 is 0 Å². The molecule has 0 saturated carbocycles. The Bertz CT molecular complexity index is 1770. The number of carbonyl (C=O) groups is 2. The minimum Gasteiger partial charge on any atom is -0.507 e. The Kier molecular flexibility index (Phi) is 10.2. The van der Waals surface area contributed by atoms with Crippen LogP contribution in [0.4, 0.5) is 0 Å². The Morgan fingerprint density at radius 3 is 2.08 bits per heavy atom. The maximum absolute atomic E-state index is 13.9. The van der Waals surface area contributed by atoms with Crippen molar-refractivity contribution in [2.45, 2.75) is 74.8 Å². The number of aliphatic carboxylic acids is 1. The van der Waals surface area contributed by atoms with Crippen LogP contribution in [-0.4, -0.2) is 131 Å². The molecule has 266 valence electrons. The van der Waals surface area contributed by atoms with Crippen LogP contribution in [0.1, 0.15) is 13.3 Å². The van der Waals surface area contributed by atoms with Gasteiger partial charge in [-0.25, -0.2) is 0 Å². The van der Waals surface area contributed by atoms with Crippen molar-refractivity contribution >= 4 is 22.9 Å². The fourth-order valence-corrected chi connectivity index (χ4v) is 5.15. The lowest BCUT2D eigenvalue weighted by atomic mass is 9.99. The van der Waals surface area contributed by atoms with E-state index in [-0.39, 0.29) is 16.9 Å². The van der Waals surface area contributed by atoms with E-state index in [1.165, 1.54) is 13.0 Å². The number of benzene rings is 2. The summed E-state index contributed by atoms with van der Waals surface area (Å²) in [6, 6.07) is 5.21. The lowest BCUT2D eigenvalue weighted by Gasteiger charge is -2.39. The largest absolute Gasteiger partial charge is 0.507 e. The van der Waals surface area contributed by atoms with Crippen LogP contribution in [0.2, 0.25) is 0 Å². The number of aromatic hydroxyl groups is 3. The molecule has 2 aliphatic rings. The molecule has 0 radical (unpaired) electrons. The third-order valence-electron chi connectivity index (χ3n) is 7.81. The number of aliphatic hydroxyl groups excluding tert-OH is 6. The van der Waals surface area contributed by atoms with Crippen LogP contribution in [0.3, 0.4) is 0 Å². The van der Waals surface area contributed by atoms with Gasteiger partial charge in [0.1, 0.15) is 78.2 Å². The summed E-state index contributed by atoms with van der Waals surface area (Å²) in [6.07, 6.45) is -17.9. The highest BCUT2D eigenvalue weighted by atomic mass is 16.7. The maximum atomic E-state index is 13.9. The number of phenols is 3. The summed E-state index contributed by atoms with van der Waals surface area (Å²) in [7, 11) is 0. The Hall–Kier alpha value is -4.73. The molecule has 19 nitrogen and oxygen atoms in total. The monoisotopic (exact) mass is 696 g/mol. The molecule has 2 fully saturated rings. The molecular formula is C30H32O19. The predicted octanol–water partition coefficient (Wildman–Crippen LogP) is -2.01. The van der Waals surface area contributed by atoms with Gasteiger partial charge >= 0.3 is 11.9 Å². The van der Waals surface area contributed by atoms with Crippen LogP contribution < -0.4 is 14.9 Å². The molecule has 49 heavy (non-hydrogen) atoms. The SMILES string of the molecule is C[C@@H]1O[C@@H](Oc2cc(O)c3c(=O)c(O[C@@H]4O[C@H](COC(=O)CC(=O)O)[C@@H](O)[C@H](O)[C@H]4O)c(-c4ccc(O)c(O)c4)oc3c2)[C@H](O)[C@H](O)[C@H]1O. The van der Waals surface area contributed by atoms with Gasteiger partial charge in [-0.2, -0.15) is 0 Å². The molecule has 2 aliphatic heterocycles. The molecule has 0 unspecified atom stereocenters. The van der Waals surface area contributed by atoms with Gasteiger partial charge in [-0.1, -0.05) is 0 Å². The van der Waals surface area contributed by atoms with Crippen molar-refractivity contribution in [2.75, 3.05) is 6.61 Å². The molecule has 0 aliphatic carbocycles. The van der Waals surface area contributed by atoms with E-state index in [1.54, 1.807) is 0 Å². The highest BCUT2D eigenvalue weighted by molar-refractivity contribution is 5.90. The van der Waals surface area contributed by atoms with Crippen LogP contribution in [0.15, 0.2) is 39.5 Å². The van der Waals surface area contributed by atoms with E-state index < -0.39 is 126 Å².